The van der Waals surface area contributed by atoms with Crippen molar-refractivity contribution in [2.75, 3.05) is 18.8 Å². The van der Waals surface area contributed by atoms with Crippen LogP contribution < -0.4 is 0 Å². The fourth-order valence-electron chi connectivity index (χ4n) is 3.28. The molecular weight excluding hydrogens is 369 g/mol. The summed E-state index contributed by atoms with van der Waals surface area (Å²) in [6, 6.07) is 8.03. The van der Waals surface area contributed by atoms with E-state index in [2.05, 4.69) is 9.97 Å². The monoisotopic (exact) mass is 391 g/mol. The molecule has 1 aliphatic rings. The SMILES string of the molecule is O=C(CCc1ncccn1)CS(=O)(=O)N1CCC(c2ccc(F)cc2)CC1. The van der Waals surface area contributed by atoms with Gasteiger partial charge in [-0.1, -0.05) is 12.1 Å². The van der Waals surface area contributed by atoms with Gasteiger partial charge in [-0.15, -0.1) is 0 Å². The number of hydrogen-bond acceptors (Lipinski definition) is 5. The normalized spacial score (nSPS) is 16.3. The molecule has 1 fully saturated rings. The molecule has 27 heavy (non-hydrogen) atoms. The van der Waals surface area contributed by atoms with Gasteiger partial charge in [0.15, 0.2) is 0 Å². The number of benzene rings is 1. The summed E-state index contributed by atoms with van der Waals surface area (Å²) in [5.41, 5.74) is 1.02. The summed E-state index contributed by atoms with van der Waals surface area (Å²) < 4.78 is 39.5. The van der Waals surface area contributed by atoms with E-state index in [0.717, 1.165) is 5.56 Å². The van der Waals surface area contributed by atoms with Crippen molar-refractivity contribution in [2.45, 2.75) is 31.6 Å². The topological polar surface area (TPSA) is 80.2 Å². The molecule has 1 saturated heterocycles. The van der Waals surface area contributed by atoms with Gasteiger partial charge in [0.05, 0.1) is 0 Å². The third-order valence-electron chi connectivity index (χ3n) is 4.78. The highest BCUT2D eigenvalue weighted by molar-refractivity contribution is 7.89. The lowest BCUT2D eigenvalue weighted by molar-refractivity contribution is -0.116. The predicted octanol–water partition coefficient (Wildman–Crippen LogP) is 2.33. The maximum atomic E-state index is 13.0. The van der Waals surface area contributed by atoms with Gasteiger partial charge >= 0.3 is 0 Å². The van der Waals surface area contributed by atoms with Crippen LogP contribution in [0.3, 0.4) is 0 Å². The van der Waals surface area contributed by atoms with E-state index in [-0.39, 0.29) is 23.9 Å². The number of carbonyl (C=O) groups is 1. The number of sulfonamides is 1. The highest BCUT2D eigenvalue weighted by Gasteiger charge is 2.30. The Kier molecular flexibility index (Phi) is 6.28. The Morgan fingerprint density at radius 1 is 1.11 bits per heavy atom. The molecule has 0 radical (unpaired) electrons. The first kappa shape index (κ1) is 19.6. The fourth-order valence-corrected chi connectivity index (χ4v) is 4.78. The van der Waals surface area contributed by atoms with Crippen LogP contribution >= 0.6 is 0 Å². The lowest BCUT2D eigenvalue weighted by Crippen LogP contribution is -2.40. The Morgan fingerprint density at radius 3 is 2.37 bits per heavy atom. The molecule has 6 nitrogen and oxygen atoms in total. The minimum absolute atomic E-state index is 0.106. The van der Waals surface area contributed by atoms with Crippen molar-refractivity contribution in [1.82, 2.24) is 14.3 Å². The number of hydrogen-bond donors (Lipinski definition) is 0. The van der Waals surface area contributed by atoms with Crippen molar-refractivity contribution >= 4 is 15.8 Å². The van der Waals surface area contributed by atoms with Crippen LogP contribution in [0.1, 0.15) is 36.6 Å². The molecule has 144 valence electrons. The Hall–Kier alpha value is -2.19. The van der Waals surface area contributed by atoms with Crippen LogP contribution in [0.4, 0.5) is 4.39 Å². The van der Waals surface area contributed by atoms with Crippen molar-refractivity contribution in [1.29, 1.82) is 0 Å². The summed E-state index contributed by atoms with van der Waals surface area (Å²) in [5, 5.41) is 0. The summed E-state index contributed by atoms with van der Waals surface area (Å²) >= 11 is 0. The van der Waals surface area contributed by atoms with Crippen molar-refractivity contribution < 1.29 is 17.6 Å². The predicted molar refractivity (Wildman–Crippen MR) is 99.1 cm³/mol. The van der Waals surface area contributed by atoms with E-state index in [9.17, 15) is 17.6 Å². The lowest BCUT2D eigenvalue weighted by atomic mass is 9.90. The number of rotatable bonds is 7. The molecule has 0 aliphatic carbocycles. The number of nitrogens with zero attached hydrogens (tertiary/aromatic N) is 3. The van der Waals surface area contributed by atoms with Crippen LogP contribution in [-0.2, 0) is 21.2 Å². The summed E-state index contributed by atoms with van der Waals surface area (Å²) in [4.78, 5) is 20.2. The lowest BCUT2D eigenvalue weighted by Gasteiger charge is -2.31. The Labute approximate surface area is 158 Å². The molecule has 0 spiro atoms. The molecule has 1 aromatic carbocycles. The van der Waals surface area contributed by atoms with E-state index in [1.807, 2.05) is 0 Å². The van der Waals surface area contributed by atoms with Gasteiger partial charge in [-0.2, -0.15) is 0 Å². The second-order valence-corrected chi connectivity index (χ2v) is 8.65. The Bertz CT molecular complexity index is 865. The van der Waals surface area contributed by atoms with Gasteiger partial charge in [0, 0.05) is 38.3 Å². The highest BCUT2D eigenvalue weighted by atomic mass is 32.2. The van der Waals surface area contributed by atoms with Crippen LogP contribution in [0.15, 0.2) is 42.7 Å². The van der Waals surface area contributed by atoms with Crippen LogP contribution in [-0.4, -0.2) is 47.3 Å². The quantitative estimate of drug-likeness (QED) is 0.724. The molecule has 0 amide bonds. The zero-order chi connectivity index (χ0) is 19.3. The third kappa shape index (κ3) is 5.40. The first-order valence-corrected chi connectivity index (χ1v) is 10.6. The first-order valence-electron chi connectivity index (χ1n) is 8.95. The van der Waals surface area contributed by atoms with Crippen molar-refractivity contribution in [3.05, 3.63) is 59.9 Å². The zero-order valence-electron chi connectivity index (χ0n) is 14.9. The first-order chi connectivity index (χ1) is 12.9. The molecule has 0 N–H and O–H groups in total. The second-order valence-electron chi connectivity index (χ2n) is 6.68. The number of halogens is 1. The summed E-state index contributed by atoms with van der Waals surface area (Å²) in [5.74, 6) is -0.353. The van der Waals surface area contributed by atoms with E-state index in [0.29, 0.717) is 38.2 Å². The Balaban J connectivity index is 1.50. The van der Waals surface area contributed by atoms with Crippen molar-refractivity contribution in [2.24, 2.45) is 0 Å². The van der Waals surface area contributed by atoms with Gasteiger partial charge in [-0.25, -0.2) is 27.1 Å². The summed E-state index contributed by atoms with van der Waals surface area (Å²) in [7, 11) is -3.62. The standard InChI is InChI=1S/C19H22FN3O3S/c20-17-4-2-15(3-5-17)16-8-12-23(13-9-16)27(25,26)14-18(24)6-7-19-21-10-1-11-22-19/h1-5,10-11,16H,6-9,12-14H2. The fraction of sp³-hybridized carbons (Fsp3) is 0.421. The van der Waals surface area contributed by atoms with E-state index in [1.165, 1.54) is 16.4 Å². The molecule has 3 rings (SSSR count). The molecule has 0 bridgehead atoms. The summed E-state index contributed by atoms with van der Waals surface area (Å²) in [6.07, 6.45) is 4.95. The molecule has 1 aromatic heterocycles. The number of aryl methyl sites for hydroxylation is 1. The van der Waals surface area contributed by atoms with E-state index >= 15 is 0 Å². The average molecular weight is 391 g/mol. The molecule has 0 saturated carbocycles. The Morgan fingerprint density at radius 2 is 1.74 bits per heavy atom. The van der Waals surface area contributed by atoms with Crippen LogP contribution in [0.5, 0.6) is 0 Å². The highest BCUT2D eigenvalue weighted by Crippen LogP contribution is 2.29. The van der Waals surface area contributed by atoms with Gasteiger partial charge in [-0.3, -0.25) is 4.79 Å². The largest absolute Gasteiger partial charge is 0.299 e. The number of aromatic nitrogens is 2. The maximum Gasteiger partial charge on any atom is 0.221 e. The van der Waals surface area contributed by atoms with Gasteiger partial charge in [0.25, 0.3) is 0 Å². The molecule has 0 atom stereocenters. The zero-order valence-corrected chi connectivity index (χ0v) is 15.7. The van der Waals surface area contributed by atoms with Crippen molar-refractivity contribution in [3.8, 4) is 0 Å². The number of piperidine rings is 1. The van der Waals surface area contributed by atoms with Gasteiger partial charge in [0.1, 0.15) is 23.2 Å². The molecule has 1 aliphatic heterocycles. The van der Waals surface area contributed by atoms with Crippen LogP contribution in [0.2, 0.25) is 0 Å². The van der Waals surface area contributed by atoms with Gasteiger partial charge < -0.3 is 0 Å². The molecule has 2 heterocycles. The average Bonchev–Trinajstić information content (AvgIpc) is 2.68. The van der Waals surface area contributed by atoms with Crippen LogP contribution in [0, 0.1) is 5.82 Å². The number of carbonyl (C=O) groups excluding carboxylic acids is 1. The third-order valence-corrected chi connectivity index (χ3v) is 6.62. The minimum Gasteiger partial charge on any atom is -0.299 e. The minimum atomic E-state index is -3.62. The number of ketones is 1. The second kappa shape index (κ2) is 8.67. The van der Waals surface area contributed by atoms with Crippen LogP contribution in [0.25, 0.3) is 0 Å². The van der Waals surface area contributed by atoms with E-state index in [4.69, 9.17) is 0 Å². The van der Waals surface area contributed by atoms with Crippen molar-refractivity contribution in [3.63, 3.8) is 0 Å². The molecular formula is C19H22FN3O3S. The van der Waals surface area contributed by atoms with Gasteiger partial charge in [0.2, 0.25) is 10.0 Å². The molecule has 2 aromatic rings. The number of Topliss-reactive ketones (excluding diaryl/α,β-unsaturated/α-hetero) is 1. The molecule has 8 heteroatoms. The smallest absolute Gasteiger partial charge is 0.221 e. The summed E-state index contributed by atoms with van der Waals surface area (Å²) in [6.45, 7) is 0.749. The van der Waals surface area contributed by atoms with E-state index < -0.39 is 15.8 Å². The van der Waals surface area contributed by atoms with E-state index in [1.54, 1.807) is 30.6 Å². The molecule has 0 unspecified atom stereocenters. The van der Waals surface area contributed by atoms with Gasteiger partial charge in [-0.05, 0) is 42.5 Å². The maximum absolute atomic E-state index is 13.0.